The third kappa shape index (κ3) is 3.49. The summed E-state index contributed by atoms with van der Waals surface area (Å²) in [6.45, 7) is 0.613. The number of carbonyl (C=O) groups is 3. The first-order valence-corrected chi connectivity index (χ1v) is 11.9. The van der Waals surface area contributed by atoms with Crippen LogP contribution in [0.25, 0.3) is 0 Å². The summed E-state index contributed by atoms with van der Waals surface area (Å²) in [7, 11) is 0. The van der Waals surface area contributed by atoms with E-state index >= 15 is 0 Å². The molecule has 2 aliphatic heterocycles. The van der Waals surface area contributed by atoms with Gasteiger partial charge in [-0.15, -0.1) is 0 Å². The maximum atomic E-state index is 13.0. The molecule has 1 saturated heterocycles. The summed E-state index contributed by atoms with van der Waals surface area (Å²) in [5.74, 6) is -0.0533. The number of hydrogen-bond acceptors (Lipinski definition) is 6. The van der Waals surface area contributed by atoms with Gasteiger partial charge in [-0.25, -0.2) is 0 Å². The van der Waals surface area contributed by atoms with Crippen LogP contribution in [0.15, 0.2) is 64.4 Å². The summed E-state index contributed by atoms with van der Waals surface area (Å²) in [5.41, 5.74) is 0.555. The van der Waals surface area contributed by atoms with Gasteiger partial charge >= 0.3 is 0 Å². The molecule has 6 rings (SSSR count). The minimum atomic E-state index is -0.413. The highest BCUT2D eigenvalue weighted by molar-refractivity contribution is 7.99. The third-order valence-corrected chi connectivity index (χ3v) is 7.82. The van der Waals surface area contributed by atoms with E-state index in [9.17, 15) is 14.4 Å². The Morgan fingerprint density at radius 3 is 2.27 bits per heavy atom. The minimum Gasteiger partial charge on any atom is -0.486 e. The van der Waals surface area contributed by atoms with E-state index in [1.807, 2.05) is 48.6 Å². The van der Waals surface area contributed by atoms with E-state index in [0.29, 0.717) is 30.4 Å². The van der Waals surface area contributed by atoms with Gasteiger partial charge in [0.25, 0.3) is 0 Å². The third-order valence-electron chi connectivity index (χ3n) is 6.75. The van der Waals surface area contributed by atoms with Crippen molar-refractivity contribution in [3.63, 3.8) is 0 Å². The first-order chi connectivity index (χ1) is 16.1. The number of likely N-dealkylation sites (tertiary alicyclic amines) is 1. The maximum absolute atomic E-state index is 13.0. The van der Waals surface area contributed by atoms with Crippen LogP contribution >= 0.6 is 11.8 Å². The van der Waals surface area contributed by atoms with Crippen molar-refractivity contribution in [3.8, 4) is 11.5 Å². The van der Waals surface area contributed by atoms with Gasteiger partial charge in [0.1, 0.15) is 19.8 Å². The molecule has 2 aromatic rings. The molecule has 0 spiro atoms. The van der Waals surface area contributed by atoms with Crippen molar-refractivity contribution >= 4 is 35.2 Å². The number of imide groups is 1. The Kier molecular flexibility index (Phi) is 4.90. The highest BCUT2D eigenvalue weighted by Gasteiger charge is 2.59. The van der Waals surface area contributed by atoms with Crippen LogP contribution < -0.4 is 14.8 Å². The van der Waals surface area contributed by atoms with Gasteiger partial charge in [0.05, 0.1) is 17.5 Å². The number of nitrogens with zero attached hydrogens (tertiary/aromatic N) is 1. The lowest BCUT2D eigenvalue weighted by molar-refractivity contribution is -0.143. The summed E-state index contributed by atoms with van der Waals surface area (Å²) in [6, 6.07) is 13.4. The largest absolute Gasteiger partial charge is 0.486 e. The van der Waals surface area contributed by atoms with Crippen LogP contribution in [-0.2, 0) is 14.4 Å². The van der Waals surface area contributed by atoms with Crippen molar-refractivity contribution in [2.24, 2.45) is 23.7 Å². The van der Waals surface area contributed by atoms with Gasteiger partial charge in [-0.05, 0) is 30.4 Å². The van der Waals surface area contributed by atoms with E-state index in [2.05, 4.69) is 5.32 Å². The van der Waals surface area contributed by atoms with Crippen LogP contribution in [0.3, 0.4) is 0 Å². The molecule has 7 nitrogen and oxygen atoms in total. The normalized spacial score (nSPS) is 26.6. The fraction of sp³-hybridized carbons (Fsp3) is 0.320. The second-order valence-corrected chi connectivity index (χ2v) is 9.83. The molecule has 33 heavy (non-hydrogen) atoms. The zero-order valence-corrected chi connectivity index (χ0v) is 18.5. The van der Waals surface area contributed by atoms with Crippen molar-refractivity contribution in [1.29, 1.82) is 0 Å². The van der Waals surface area contributed by atoms with Crippen molar-refractivity contribution in [1.82, 2.24) is 4.90 Å². The number of benzene rings is 2. The predicted molar refractivity (Wildman–Crippen MR) is 121 cm³/mol. The summed E-state index contributed by atoms with van der Waals surface area (Å²) in [6.07, 6.45) is 4.95. The monoisotopic (exact) mass is 462 g/mol. The number of amides is 3. The van der Waals surface area contributed by atoms with Crippen molar-refractivity contribution in [3.05, 3.63) is 54.6 Å². The molecular weight excluding hydrogens is 440 g/mol. The minimum absolute atomic E-state index is 0.121. The zero-order chi connectivity index (χ0) is 22.5. The molecule has 2 fully saturated rings. The van der Waals surface area contributed by atoms with Crippen LogP contribution in [0, 0.1) is 23.7 Å². The van der Waals surface area contributed by atoms with Crippen LogP contribution in [0.1, 0.15) is 6.42 Å². The molecule has 2 bridgehead atoms. The number of nitrogens with one attached hydrogen (secondary N) is 1. The van der Waals surface area contributed by atoms with Gasteiger partial charge in [0.15, 0.2) is 11.5 Å². The molecule has 168 valence electrons. The molecule has 4 unspecified atom stereocenters. The highest BCUT2D eigenvalue weighted by atomic mass is 32.2. The van der Waals surface area contributed by atoms with Crippen molar-refractivity contribution in [2.75, 3.05) is 25.1 Å². The molecule has 2 aliphatic carbocycles. The van der Waals surface area contributed by atoms with E-state index in [0.717, 1.165) is 21.1 Å². The van der Waals surface area contributed by atoms with E-state index in [1.54, 1.807) is 6.07 Å². The molecule has 0 radical (unpaired) electrons. The van der Waals surface area contributed by atoms with E-state index in [4.69, 9.17) is 9.47 Å². The van der Waals surface area contributed by atoms with Gasteiger partial charge in [0.2, 0.25) is 17.7 Å². The number of hydrogen-bond donors (Lipinski definition) is 1. The first-order valence-electron chi connectivity index (χ1n) is 11.1. The Morgan fingerprint density at radius 2 is 1.61 bits per heavy atom. The average Bonchev–Trinajstić information content (AvgIpc) is 3.50. The summed E-state index contributed by atoms with van der Waals surface area (Å²) in [5, 5.41) is 2.90. The Bertz CT molecular complexity index is 1150. The first kappa shape index (κ1) is 20.4. The van der Waals surface area contributed by atoms with Crippen molar-refractivity contribution in [2.45, 2.75) is 16.2 Å². The number of allylic oxidation sites excluding steroid dienone is 2. The Labute approximate surface area is 195 Å². The SMILES string of the molecule is O=C(CN1C(=O)C2C3C=CC(C3)C2C1=O)Nc1cc2c(cc1Sc1ccccc1)OCCO2. The number of fused-ring (bicyclic) bond motifs is 6. The van der Waals surface area contributed by atoms with Gasteiger partial charge in [-0.1, -0.05) is 42.1 Å². The Hall–Kier alpha value is -3.26. The molecule has 2 heterocycles. The number of ether oxygens (including phenoxy) is 2. The quantitative estimate of drug-likeness (QED) is 0.542. The maximum Gasteiger partial charge on any atom is 0.244 e. The van der Waals surface area contributed by atoms with E-state index in [-0.39, 0.29) is 42.0 Å². The van der Waals surface area contributed by atoms with Gasteiger partial charge in [-0.3, -0.25) is 19.3 Å². The topological polar surface area (TPSA) is 84.9 Å². The van der Waals surface area contributed by atoms with Gasteiger partial charge in [-0.2, -0.15) is 0 Å². The standard InChI is InChI=1S/C25H22N2O5S/c28-21(13-27-24(29)22-14-6-7-15(10-14)23(22)25(27)30)26-17-11-18-19(32-9-8-31-18)12-20(17)33-16-4-2-1-3-5-16/h1-7,11-12,14-15,22-23H,8-10,13H2,(H,26,28). The summed E-state index contributed by atoms with van der Waals surface area (Å²) < 4.78 is 11.4. The van der Waals surface area contributed by atoms with Crippen LogP contribution in [-0.4, -0.2) is 42.4 Å². The average molecular weight is 463 g/mol. The molecule has 4 atom stereocenters. The highest BCUT2D eigenvalue weighted by Crippen LogP contribution is 2.52. The molecule has 1 N–H and O–H groups in total. The van der Waals surface area contributed by atoms with Crippen LogP contribution in [0.2, 0.25) is 0 Å². The van der Waals surface area contributed by atoms with E-state index < -0.39 is 5.91 Å². The second-order valence-electron chi connectivity index (χ2n) is 8.72. The molecule has 3 amide bonds. The van der Waals surface area contributed by atoms with Crippen LogP contribution in [0.4, 0.5) is 5.69 Å². The fourth-order valence-corrected chi connectivity index (χ4v) is 6.25. The van der Waals surface area contributed by atoms with Gasteiger partial charge in [0, 0.05) is 21.9 Å². The lowest BCUT2D eigenvalue weighted by Gasteiger charge is -2.22. The zero-order valence-electron chi connectivity index (χ0n) is 17.7. The summed E-state index contributed by atoms with van der Waals surface area (Å²) >= 11 is 1.49. The molecule has 8 heteroatoms. The predicted octanol–water partition coefficient (Wildman–Crippen LogP) is 3.35. The summed E-state index contributed by atoms with van der Waals surface area (Å²) in [4.78, 5) is 41.8. The molecule has 2 aromatic carbocycles. The van der Waals surface area contributed by atoms with Crippen LogP contribution in [0.5, 0.6) is 11.5 Å². The fourth-order valence-electron chi connectivity index (χ4n) is 5.32. The number of anilines is 1. The molecular formula is C25H22N2O5S. The van der Waals surface area contributed by atoms with E-state index in [1.165, 1.54) is 11.8 Å². The number of rotatable bonds is 5. The lowest BCUT2D eigenvalue weighted by atomic mass is 9.85. The molecule has 4 aliphatic rings. The Morgan fingerprint density at radius 1 is 0.970 bits per heavy atom. The molecule has 0 aromatic heterocycles. The van der Waals surface area contributed by atoms with Gasteiger partial charge < -0.3 is 14.8 Å². The molecule has 1 saturated carbocycles. The second kappa shape index (κ2) is 7.95. The smallest absolute Gasteiger partial charge is 0.244 e. The van der Waals surface area contributed by atoms with Crippen molar-refractivity contribution < 1.29 is 23.9 Å². The lowest BCUT2D eigenvalue weighted by Crippen LogP contribution is -2.39. The number of carbonyl (C=O) groups excluding carboxylic acids is 3. The Balaban J connectivity index is 1.23.